The monoisotopic (exact) mass is 358 g/mol. The predicted octanol–water partition coefficient (Wildman–Crippen LogP) is 2.95. The van der Waals surface area contributed by atoms with Gasteiger partial charge in [0.1, 0.15) is 17.2 Å². The average molecular weight is 358 g/mol. The number of carbonyl (C=O) groups excluding carboxylic acids is 2. The molecule has 2 heterocycles. The number of rotatable bonds is 5. The van der Waals surface area contributed by atoms with Crippen molar-refractivity contribution in [1.29, 1.82) is 0 Å². The smallest absolute Gasteiger partial charge is 0.276 e. The fourth-order valence-corrected chi connectivity index (χ4v) is 2.64. The molecule has 2 amide bonds. The first-order chi connectivity index (χ1) is 12.0. The second kappa shape index (κ2) is 7.14. The van der Waals surface area contributed by atoms with Crippen molar-refractivity contribution in [3.05, 3.63) is 52.7 Å². The highest BCUT2D eigenvalue weighted by Crippen LogP contribution is 2.19. The zero-order valence-electron chi connectivity index (χ0n) is 13.4. The van der Waals surface area contributed by atoms with E-state index in [2.05, 4.69) is 20.8 Å². The third-order valence-electron chi connectivity index (χ3n) is 3.18. The van der Waals surface area contributed by atoms with Gasteiger partial charge in [-0.25, -0.2) is 4.98 Å². The van der Waals surface area contributed by atoms with Crippen LogP contribution in [-0.2, 0) is 0 Å². The first-order valence-corrected chi connectivity index (χ1v) is 8.09. The zero-order chi connectivity index (χ0) is 17.8. The molecule has 0 radical (unpaired) electrons. The summed E-state index contributed by atoms with van der Waals surface area (Å²) < 4.78 is 9.93. The molecular weight excluding hydrogens is 344 g/mol. The van der Waals surface area contributed by atoms with E-state index in [4.69, 9.17) is 9.26 Å². The SMILES string of the molecule is COc1ccc(C(=O)Nc2nc(C(=O)Nc3cc(C)on3)cs2)cc1. The van der Waals surface area contributed by atoms with Crippen LogP contribution >= 0.6 is 11.3 Å². The molecule has 0 aliphatic rings. The lowest BCUT2D eigenvalue weighted by molar-refractivity contribution is 0.101. The summed E-state index contributed by atoms with van der Waals surface area (Å²) in [6.07, 6.45) is 0. The van der Waals surface area contributed by atoms with Crippen LogP contribution in [0.1, 0.15) is 26.6 Å². The van der Waals surface area contributed by atoms with Crippen LogP contribution in [0, 0.1) is 6.92 Å². The Hall–Kier alpha value is -3.20. The summed E-state index contributed by atoms with van der Waals surface area (Å²) in [5.41, 5.74) is 0.635. The topological polar surface area (TPSA) is 106 Å². The Labute approximate surface area is 146 Å². The van der Waals surface area contributed by atoms with E-state index in [1.807, 2.05) is 0 Å². The molecule has 25 heavy (non-hydrogen) atoms. The molecule has 0 spiro atoms. The number of methoxy groups -OCH3 is 1. The van der Waals surface area contributed by atoms with Crippen molar-refractivity contribution < 1.29 is 18.8 Å². The van der Waals surface area contributed by atoms with Crippen LogP contribution in [-0.4, -0.2) is 29.1 Å². The van der Waals surface area contributed by atoms with Crippen molar-refractivity contribution in [2.45, 2.75) is 6.92 Å². The minimum atomic E-state index is -0.436. The van der Waals surface area contributed by atoms with Gasteiger partial charge in [-0.3, -0.25) is 14.9 Å². The highest BCUT2D eigenvalue weighted by Gasteiger charge is 2.15. The number of carbonyl (C=O) groups is 2. The number of benzene rings is 1. The lowest BCUT2D eigenvalue weighted by Gasteiger charge is -2.03. The standard InChI is InChI=1S/C16H14N4O4S/c1-9-7-13(20-24-9)18-15(22)12-8-25-16(17-12)19-14(21)10-3-5-11(23-2)6-4-10/h3-8H,1-2H3,(H,17,19,21)(H,18,20,22). The van der Waals surface area contributed by atoms with E-state index in [0.29, 0.717) is 28.0 Å². The zero-order valence-corrected chi connectivity index (χ0v) is 14.2. The second-order valence-corrected chi connectivity index (χ2v) is 5.86. The van der Waals surface area contributed by atoms with Gasteiger partial charge in [0.05, 0.1) is 7.11 Å². The molecule has 2 aromatic heterocycles. The van der Waals surface area contributed by atoms with E-state index in [1.165, 1.54) is 0 Å². The fraction of sp³-hybridized carbons (Fsp3) is 0.125. The van der Waals surface area contributed by atoms with Crippen LogP contribution in [0.25, 0.3) is 0 Å². The molecule has 3 aromatic rings. The number of nitrogens with zero attached hydrogens (tertiary/aromatic N) is 2. The first-order valence-electron chi connectivity index (χ1n) is 7.21. The Kier molecular flexibility index (Phi) is 4.75. The van der Waals surface area contributed by atoms with Gasteiger partial charge in [-0.15, -0.1) is 11.3 Å². The third-order valence-corrected chi connectivity index (χ3v) is 3.94. The summed E-state index contributed by atoms with van der Waals surface area (Å²) in [4.78, 5) is 28.4. The number of amides is 2. The highest BCUT2D eigenvalue weighted by molar-refractivity contribution is 7.14. The molecule has 0 saturated carbocycles. The molecule has 128 valence electrons. The maximum atomic E-state index is 12.2. The van der Waals surface area contributed by atoms with E-state index >= 15 is 0 Å². The van der Waals surface area contributed by atoms with Gasteiger partial charge in [0.25, 0.3) is 11.8 Å². The van der Waals surface area contributed by atoms with Gasteiger partial charge in [0, 0.05) is 17.0 Å². The van der Waals surface area contributed by atoms with E-state index in [1.54, 1.807) is 49.7 Å². The van der Waals surface area contributed by atoms with E-state index in [0.717, 1.165) is 11.3 Å². The van der Waals surface area contributed by atoms with Crippen molar-refractivity contribution >= 4 is 34.1 Å². The van der Waals surface area contributed by atoms with Crippen molar-refractivity contribution in [2.24, 2.45) is 0 Å². The number of ether oxygens (including phenoxy) is 1. The van der Waals surface area contributed by atoms with E-state index in [9.17, 15) is 9.59 Å². The maximum Gasteiger partial charge on any atom is 0.276 e. The summed E-state index contributed by atoms with van der Waals surface area (Å²) in [6.45, 7) is 1.72. The largest absolute Gasteiger partial charge is 0.497 e. The lowest BCUT2D eigenvalue weighted by atomic mass is 10.2. The molecule has 0 unspecified atom stereocenters. The Morgan fingerprint density at radius 3 is 2.56 bits per heavy atom. The van der Waals surface area contributed by atoms with Gasteiger partial charge in [-0.05, 0) is 31.2 Å². The van der Waals surface area contributed by atoms with Crippen molar-refractivity contribution in [3.63, 3.8) is 0 Å². The Morgan fingerprint density at radius 2 is 1.92 bits per heavy atom. The molecule has 0 atom stereocenters. The molecule has 0 saturated heterocycles. The normalized spacial score (nSPS) is 10.3. The van der Waals surface area contributed by atoms with Crippen molar-refractivity contribution in [3.8, 4) is 5.75 Å². The van der Waals surface area contributed by atoms with Gasteiger partial charge in [0.15, 0.2) is 10.9 Å². The quantitative estimate of drug-likeness (QED) is 0.726. The number of hydrogen-bond acceptors (Lipinski definition) is 7. The lowest BCUT2D eigenvalue weighted by Crippen LogP contribution is -2.14. The number of nitrogens with one attached hydrogen (secondary N) is 2. The van der Waals surface area contributed by atoms with E-state index < -0.39 is 5.91 Å². The molecule has 1 aromatic carbocycles. The predicted molar refractivity (Wildman–Crippen MR) is 92.3 cm³/mol. The minimum Gasteiger partial charge on any atom is -0.497 e. The van der Waals surface area contributed by atoms with Crippen LogP contribution in [0.3, 0.4) is 0 Å². The summed E-state index contributed by atoms with van der Waals surface area (Å²) >= 11 is 1.15. The van der Waals surface area contributed by atoms with Gasteiger partial charge in [-0.2, -0.15) is 0 Å². The van der Waals surface area contributed by atoms with Crippen LogP contribution in [0.15, 0.2) is 40.2 Å². The number of anilines is 2. The van der Waals surface area contributed by atoms with Crippen LogP contribution in [0.5, 0.6) is 5.75 Å². The molecule has 0 aliphatic heterocycles. The third kappa shape index (κ3) is 4.01. The molecule has 2 N–H and O–H groups in total. The maximum absolute atomic E-state index is 12.2. The molecule has 8 nitrogen and oxygen atoms in total. The van der Waals surface area contributed by atoms with Gasteiger partial charge >= 0.3 is 0 Å². The summed E-state index contributed by atoms with van der Waals surface area (Å²) in [5.74, 6) is 0.791. The minimum absolute atomic E-state index is 0.177. The van der Waals surface area contributed by atoms with Crippen molar-refractivity contribution in [2.75, 3.05) is 17.7 Å². The number of aromatic nitrogens is 2. The molecule has 9 heteroatoms. The van der Waals surface area contributed by atoms with Crippen LogP contribution in [0.2, 0.25) is 0 Å². The molecular formula is C16H14N4O4S. The summed E-state index contributed by atoms with van der Waals surface area (Å²) in [7, 11) is 1.55. The Morgan fingerprint density at radius 1 is 1.16 bits per heavy atom. The number of aryl methyl sites for hydroxylation is 1. The van der Waals surface area contributed by atoms with Gasteiger partial charge in [0.2, 0.25) is 0 Å². The fourth-order valence-electron chi connectivity index (χ4n) is 1.95. The first kappa shape index (κ1) is 16.7. The molecule has 3 rings (SSSR count). The molecule has 0 fully saturated rings. The highest BCUT2D eigenvalue weighted by atomic mass is 32.1. The summed E-state index contributed by atoms with van der Waals surface area (Å²) in [5, 5.41) is 10.8. The van der Waals surface area contributed by atoms with Gasteiger partial charge < -0.3 is 14.6 Å². The molecule has 0 bridgehead atoms. The number of thiazole rings is 1. The van der Waals surface area contributed by atoms with E-state index in [-0.39, 0.29) is 11.6 Å². The van der Waals surface area contributed by atoms with Gasteiger partial charge in [-0.1, -0.05) is 5.16 Å². The molecule has 0 aliphatic carbocycles. The van der Waals surface area contributed by atoms with Crippen molar-refractivity contribution in [1.82, 2.24) is 10.1 Å². The second-order valence-electron chi connectivity index (χ2n) is 5.00. The Bertz CT molecular complexity index is 901. The summed E-state index contributed by atoms with van der Waals surface area (Å²) in [6, 6.07) is 8.26. The van der Waals surface area contributed by atoms with Crippen LogP contribution in [0.4, 0.5) is 10.9 Å². The average Bonchev–Trinajstić information content (AvgIpc) is 3.24. The Balaban J connectivity index is 1.64. The van der Waals surface area contributed by atoms with Crippen LogP contribution < -0.4 is 15.4 Å². The number of hydrogen-bond donors (Lipinski definition) is 2.